The molecule has 1 aliphatic rings. The van der Waals surface area contributed by atoms with Gasteiger partial charge in [-0.3, -0.25) is 9.69 Å². The number of halogens is 1. The lowest BCUT2D eigenvalue weighted by Crippen LogP contribution is -2.42. The second-order valence-corrected chi connectivity index (χ2v) is 6.65. The third kappa shape index (κ3) is 3.56. The quantitative estimate of drug-likeness (QED) is 0.754. The van der Waals surface area contributed by atoms with E-state index in [-0.39, 0.29) is 5.78 Å². The molecule has 1 atom stereocenters. The zero-order valence-corrected chi connectivity index (χ0v) is 12.4. The molecule has 2 nitrogen and oxygen atoms in total. The van der Waals surface area contributed by atoms with Crippen LogP contribution in [0.5, 0.6) is 0 Å². The molecular formula is C14H20ClNOS. The minimum absolute atomic E-state index is 0.218. The van der Waals surface area contributed by atoms with Crippen molar-refractivity contribution in [2.24, 2.45) is 0 Å². The first-order valence-corrected chi connectivity index (χ1v) is 7.92. The normalized spacial score (nSPS) is 21.1. The third-order valence-electron chi connectivity index (χ3n) is 3.57. The average molecular weight is 286 g/mol. The zero-order valence-electron chi connectivity index (χ0n) is 10.8. The molecule has 0 radical (unpaired) electrons. The summed E-state index contributed by atoms with van der Waals surface area (Å²) in [6.07, 6.45) is 6.17. The van der Waals surface area contributed by atoms with E-state index in [1.165, 1.54) is 43.4 Å². The first-order chi connectivity index (χ1) is 8.70. The minimum Gasteiger partial charge on any atom is -0.293 e. The smallest absolute Gasteiger partial charge is 0.186 e. The van der Waals surface area contributed by atoms with Gasteiger partial charge in [-0.1, -0.05) is 31.4 Å². The molecule has 0 spiro atoms. The molecule has 1 aromatic heterocycles. The Morgan fingerprint density at radius 1 is 1.50 bits per heavy atom. The molecule has 1 aromatic rings. The molecule has 4 heteroatoms. The lowest BCUT2D eigenvalue weighted by molar-refractivity contribution is 0.0835. The number of ketones is 1. The summed E-state index contributed by atoms with van der Waals surface area (Å²) in [6.45, 7) is 3.84. The van der Waals surface area contributed by atoms with Crippen molar-refractivity contribution < 1.29 is 4.79 Å². The largest absolute Gasteiger partial charge is 0.293 e. The van der Waals surface area contributed by atoms with E-state index in [2.05, 4.69) is 11.8 Å². The molecule has 0 N–H and O–H groups in total. The summed E-state index contributed by atoms with van der Waals surface area (Å²) in [5.41, 5.74) is 0. The molecule has 18 heavy (non-hydrogen) atoms. The first-order valence-electron chi connectivity index (χ1n) is 6.73. The molecule has 0 amide bonds. The Kier molecular flexibility index (Phi) is 5.22. The van der Waals surface area contributed by atoms with Crippen molar-refractivity contribution >= 4 is 28.7 Å². The highest BCUT2D eigenvalue weighted by atomic mass is 35.5. The summed E-state index contributed by atoms with van der Waals surface area (Å²) in [5.74, 6) is 0.218. The number of carbonyl (C=O) groups excluding carboxylic acids is 1. The molecule has 1 aliphatic heterocycles. The van der Waals surface area contributed by atoms with Crippen molar-refractivity contribution in [3.05, 3.63) is 21.3 Å². The van der Waals surface area contributed by atoms with E-state index in [9.17, 15) is 4.79 Å². The SMILES string of the molecule is CCCC1CCCCN1CC(=O)c1ccc(Cl)s1. The summed E-state index contributed by atoms with van der Waals surface area (Å²) < 4.78 is 0.696. The van der Waals surface area contributed by atoms with Crippen LogP contribution in [-0.2, 0) is 0 Å². The highest BCUT2D eigenvalue weighted by Gasteiger charge is 2.24. The molecule has 0 bridgehead atoms. The number of nitrogens with zero attached hydrogens (tertiary/aromatic N) is 1. The molecule has 0 aromatic carbocycles. The molecule has 2 heterocycles. The number of rotatable bonds is 5. The maximum absolute atomic E-state index is 12.2. The van der Waals surface area contributed by atoms with Gasteiger partial charge in [0.25, 0.3) is 0 Å². The molecule has 1 saturated heterocycles. The highest BCUT2D eigenvalue weighted by Crippen LogP contribution is 2.24. The molecular weight excluding hydrogens is 266 g/mol. The first kappa shape index (κ1) is 14.0. The van der Waals surface area contributed by atoms with Crippen LogP contribution >= 0.6 is 22.9 Å². The van der Waals surface area contributed by atoms with Crippen molar-refractivity contribution in [3.8, 4) is 0 Å². The Hall–Kier alpha value is -0.380. The van der Waals surface area contributed by atoms with E-state index in [1.54, 1.807) is 6.07 Å². The number of piperidine rings is 1. The van der Waals surface area contributed by atoms with Gasteiger partial charge in [0.1, 0.15) is 0 Å². The Morgan fingerprint density at radius 2 is 2.33 bits per heavy atom. The predicted molar refractivity (Wildman–Crippen MR) is 77.8 cm³/mol. The predicted octanol–water partition coefficient (Wildman–Crippen LogP) is 4.24. The van der Waals surface area contributed by atoms with Crippen molar-refractivity contribution in [1.29, 1.82) is 0 Å². The number of hydrogen-bond acceptors (Lipinski definition) is 3. The van der Waals surface area contributed by atoms with Gasteiger partial charge in [-0.2, -0.15) is 0 Å². The van der Waals surface area contributed by atoms with Crippen molar-refractivity contribution in [2.75, 3.05) is 13.1 Å². The van der Waals surface area contributed by atoms with E-state index >= 15 is 0 Å². The Morgan fingerprint density at radius 3 is 3.00 bits per heavy atom. The van der Waals surface area contributed by atoms with E-state index in [0.717, 1.165) is 11.4 Å². The van der Waals surface area contributed by atoms with Crippen LogP contribution in [0.4, 0.5) is 0 Å². The van der Waals surface area contributed by atoms with Gasteiger partial charge >= 0.3 is 0 Å². The topological polar surface area (TPSA) is 20.3 Å². The highest BCUT2D eigenvalue weighted by molar-refractivity contribution is 7.18. The summed E-state index contributed by atoms with van der Waals surface area (Å²) >= 11 is 7.27. The summed E-state index contributed by atoms with van der Waals surface area (Å²) in [5, 5.41) is 0. The van der Waals surface area contributed by atoms with Gasteiger partial charge in [0.15, 0.2) is 5.78 Å². The van der Waals surface area contributed by atoms with E-state index in [0.29, 0.717) is 16.9 Å². The summed E-state index contributed by atoms with van der Waals surface area (Å²) in [7, 11) is 0. The molecule has 0 aliphatic carbocycles. The van der Waals surface area contributed by atoms with Crippen LogP contribution in [0.1, 0.15) is 48.7 Å². The van der Waals surface area contributed by atoms with E-state index in [4.69, 9.17) is 11.6 Å². The maximum atomic E-state index is 12.2. The van der Waals surface area contributed by atoms with Gasteiger partial charge in [0.2, 0.25) is 0 Å². The van der Waals surface area contributed by atoms with Gasteiger partial charge in [-0.15, -0.1) is 11.3 Å². The fourth-order valence-electron chi connectivity index (χ4n) is 2.65. The molecule has 100 valence electrons. The van der Waals surface area contributed by atoms with Gasteiger partial charge in [-0.05, 0) is 37.9 Å². The maximum Gasteiger partial charge on any atom is 0.186 e. The molecule has 2 rings (SSSR count). The molecule has 1 unspecified atom stereocenters. The van der Waals surface area contributed by atoms with E-state index < -0.39 is 0 Å². The van der Waals surface area contributed by atoms with Crippen LogP contribution in [0.2, 0.25) is 4.34 Å². The lowest BCUT2D eigenvalue weighted by atomic mass is 9.98. The molecule has 1 fully saturated rings. The Balaban J connectivity index is 1.96. The standard InChI is InChI=1S/C14H20ClNOS/c1-2-5-11-6-3-4-9-16(11)10-12(17)13-7-8-14(15)18-13/h7-8,11H,2-6,9-10H2,1H3. The van der Waals surface area contributed by atoms with E-state index in [1.807, 2.05) is 6.07 Å². The fourth-order valence-corrected chi connectivity index (χ4v) is 3.63. The molecule has 0 saturated carbocycles. The number of hydrogen-bond donors (Lipinski definition) is 0. The minimum atomic E-state index is 0.218. The van der Waals surface area contributed by atoms with Crippen LogP contribution in [-0.4, -0.2) is 29.8 Å². The fraction of sp³-hybridized carbons (Fsp3) is 0.643. The van der Waals surface area contributed by atoms with Gasteiger partial charge in [0.05, 0.1) is 15.8 Å². The number of thiophene rings is 1. The van der Waals surface area contributed by atoms with Gasteiger partial charge < -0.3 is 0 Å². The summed E-state index contributed by atoms with van der Waals surface area (Å²) in [6, 6.07) is 4.25. The number of carbonyl (C=O) groups is 1. The van der Waals surface area contributed by atoms with Crippen LogP contribution in [0.15, 0.2) is 12.1 Å². The number of Topliss-reactive ketones (excluding diaryl/α,β-unsaturated/α-hetero) is 1. The second-order valence-electron chi connectivity index (χ2n) is 4.94. The van der Waals surface area contributed by atoms with Crippen LogP contribution < -0.4 is 0 Å². The van der Waals surface area contributed by atoms with Crippen LogP contribution in [0, 0.1) is 0 Å². The second kappa shape index (κ2) is 6.69. The summed E-state index contributed by atoms with van der Waals surface area (Å²) in [4.78, 5) is 15.3. The number of likely N-dealkylation sites (tertiary alicyclic amines) is 1. The van der Waals surface area contributed by atoms with Gasteiger partial charge in [0, 0.05) is 6.04 Å². The monoisotopic (exact) mass is 285 g/mol. The zero-order chi connectivity index (χ0) is 13.0. The van der Waals surface area contributed by atoms with Crippen LogP contribution in [0.3, 0.4) is 0 Å². The average Bonchev–Trinajstić information content (AvgIpc) is 2.79. The van der Waals surface area contributed by atoms with Crippen molar-refractivity contribution in [2.45, 2.75) is 45.1 Å². The Bertz CT molecular complexity index is 402. The lowest BCUT2D eigenvalue weighted by Gasteiger charge is -2.35. The Labute approximate surface area is 118 Å². The third-order valence-corrected chi connectivity index (χ3v) is 4.84. The van der Waals surface area contributed by atoms with Crippen molar-refractivity contribution in [1.82, 2.24) is 4.90 Å². The van der Waals surface area contributed by atoms with Crippen molar-refractivity contribution in [3.63, 3.8) is 0 Å². The van der Waals surface area contributed by atoms with Gasteiger partial charge in [-0.25, -0.2) is 0 Å². The van der Waals surface area contributed by atoms with Crippen LogP contribution in [0.25, 0.3) is 0 Å².